The number of nitrogens with zero attached hydrogens (tertiary/aromatic N) is 1. The van der Waals surface area contributed by atoms with Crippen molar-refractivity contribution in [3.8, 4) is 0 Å². The van der Waals surface area contributed by atoms with Gasteiger partial charge in [0.05, 0.1) is 0 Å². The maximum atomic E-state index is 11.4. The molecule has 0 saturated carbocycles. The van der Waals surface area contributed by atoms with Crippen LogP contribution in [0.2, 0.25) is 0 Å². The summed E-state index contributed by atoms with van der Waals surface area (Å²) in [4.78, 5) is 11.4. The van der Waals surface area contributed by atoms with Gasteiger partial charge in [-0.05, 0) is 12.3 Å². The molecule has 0 spiro atoms. The Morgan fingerprint density at radius 1 is 1.69 bits per heavy atom. The molecule has 4 nitrogen and oxygen atoms in total. The molecular formula is C9H18N2O2. The SMILES string of the molecule is CC(C)C1CC(=O)N(CCCO)N1. The summed E-state index contributed by atoms with van der Waals surface area (Å²) in [5.74, 6) is 0.621. The van der Waals surface area contributed by atoms with Gasteiger partial charge in [-0.3, -0.25) is 9.80 Å². The minimum absolute atomic E-state index is 0.137. The van der Waals surface area contributed by atoms with Crippen LogP contribution in [0.1, 0.15) is 26.7 Å². The standard InChI is InChI=1S/C9H18N2O2/c1-7(2)8-6-9(13)11(10-8)4-3-5-12/h7-8,10,12H,3-6H2,1-2H3. The third-order valence-electron chi connectivity index (χ3n) is 2.36. The summed E-state index contributed by atoms with van der Waals surface area (Å²) in [6, 6.07) is 0.270. The van der Waals surface area contributed by atoms with Crippen LogP contribution in [0.25, 0.3) is 0 Å². The fourth-order valence-electron chi connectivity index (χ4n) is 1.42. The first-order chi connectivity index (χ1) is 6.15. The van der Waals surface area contributed by atoms with E-state index in [1.807, 2.05) is 0 Å². The van der Waals surface area contributed by atoms with Crippen LogP contribution in [0.4, 0.5) is 0 Å². The van der Waals surface area contributed by atoms with Crippen LogP contribution in [-0.2, 0) is 4.79 Å². The maximum Gasteiger partial charge on any atom is 0.238 e. The van der Waals surface area contributed by atoms with Gasteiger partial charge in [-0.25, -0.2) is 5.43 Å². The van der Waals surface area contributed by atoms with Crippen LogP contribution in [0.15, 0.2) is 0 Å². The van der Waals surface area contributed by atoms with E-state index in [0.29, 0.717) is 25.3 Å². The lowest BCUT2D eigenvalue weighted by Crippen LogP contribution is -2.40. The highest BCUT2D eigenvalue weighted by Crippen LogP contribution is 2.14. The number of rotatable bonds is 4. The molecule has 1 aliphatic rings. The summed E-state index contributed by atoms with van der Waals surface area (Å²) >= 11 is 0. The average molecular weight is 186 g/mol. The Bertz CT molecular complexity index is 182. The summed E-state index contributed by atoms with van der Waals surface area (Å²) in [5, 5.41) is 10.2. The van der Waals surface area contributed by atoms with E-state index in [-0.39, 0.29) is 18.6 Å². The van der Waals surface area contributed by atoms with Gasteiger partial charge in [0.15, 0.2) is 0 Å². The summed E-state index contributed by atoms with van der Waals surface area (Å²) in [5.41, 5.74) is 3.15. The lowest BCUT2D eigenvalue weighted by Gasteiger charge is -2.19. The summed E-state index contributed by atoms with van der Waals surface area (Å²) in [7, 11) is 0. The molecule has 1 fully saturated rings. The Hall–Kier alpha value is -0.610. The van der Waals surface area contributed by atoms with Crippen molar-refractivity contribution in [1.82, 2.24) is 10.4 Å². The van der Waals surface area contributed by atoms with Crippen molar-refractivity contribution < 1.29 is 9.90 Å². The van der Waals surface area contributed by atoms with Crippen LogP contribution >= 0.6 is 0 Å². The third kappa shape index (κ3) is 2.67. The molecule has 0 aromatic heterocycles. The number of hydrogen-bond donors (Lipinski definition) is 2. The molecule has 1 aliphatic heterocycles. The number of amides is 1. The first-order valence-electron chi connectivity index (χ1n) is 4.82. The molecule has 2 N–H and O–H groups in total. The van der Waals surface area contributed by atoms with Gasteiger partial charge in [0, 0.05) is 25.6 Å². The second-order valence-electron chi connectivity index (χ2n) is 3.81. The minimum Gasteiger partial charge on any atom is -0.396 e. The number of aliphatic hydroxyl groups excluding tert-OH is 1. The molecule has 4 heteroatoms. The lowest BCUT2D eigenvalue weighted by molar-refractivity contribution is -0.129. The highest BCUT2D eigenvalue weighted by molar-refractivity contribution is 5.78. The van der Waals surface area contributed by atoms with Crippen molar-refractivity contribution in [3.05, 3.63) is 0 Å². The number of nitrogens with one attached hydrogen (secondary N) is 1. The number of hydrogen-bond acceptors (Lipinski definition) is 3. The fourth-order valence-corrected chi connectivity index (χ4v) is 1.42. The molecule has 1 rings (SSSR count). The summed E-state index contributed by atoms with van der Waals surface area (Å²) in [6.07, 6.45) is 1.23. The van der Waals surface area contributed by atoms with Crippen LogP contribution in [0.3, 0.4) is 0 Å². The zero-order chi connectivity index (χ0) is 9.84. The highest BCUT2D eigenvalue weighted by Gasteiger charge is 2.30. The van der Waals surface area contributed by atoms with Gasteiger partial charge in [-0.15, -0.1) is 0 Å². The Morgan fingerprint density at radius 2 is 2.38 bits per heavy atom. The zero-order valence-electron chi connectivity index (χ0n) is 8.29. The molecule has 1 unspecified atom stereocenters. The molecular weight excluding hydrogens is 168 g/mol. The predicted octanol–water partition coefficient (Wildman–Crippen LogP) is 0.130. The maximum absolute atomic E-state index is 11.4. The van der Waals surface area contributed by atoms with Crippen LogP contribution in [0, 0.1) is 5.92 Å². The summed E-state index contributed by atoms with van der Waals surface area (Å²) < 4.78 is 0. The molecule has 1 saturated heterocycles. The molecule has 1 atom stereocenters. The molecule has 0 bridgehead atoms. The van der Waals surface area contributed by atoms with Crippen molar-refractivity contribution in [3.63, 3.8) is 0 Å². The van der Waals surface area contributed by atoms with Gasteiger partial charge in [0.1, 0.15) is 0 Å². The van der Waals surface area contributed by atoms with E-state index in [1.165, 1.54) is 0 Å². The molecule has 13 heavy (non-hydrogen) atoms. The smallest absolute Gasteiger partial charge is 0.238 e. The Morgan fingerprint density at radius 3 is 2.85 bits per heavy atom. The van der Waals surface area contributed by atoms with Gasteiger partial charge in [0.2, 0.25) is 5.91 Å². The number of hydrazine groups is 1. The van der Waals surface area contributed by atoms with Crippen molar-refractivity contribution in [2.24, 2.45) is 5.92 Å². The van der Waals surface area contributed by atoms with Gasteiger partial charge < -0.3 is 5.11 Å². The second kappa shape index (κ2) is 4.58. The molecule has 0 aromatic rings. The first kappa shape index (κ1) is 10.5. The molecule has 76 valence electrons. The van der Waals surface area contributed by atoms with E-state index in [4.69, 9.17) is 5.11 Å². The van der Waals surface area contributed by atoms with Crippen LogP contribution < -0.4 is 5.43 Å². The van der Waals surface area contributed by atoms with Gasteiger partial charge in [-0.1, -0.05) is 13.8 Å². The second-order valence-corrected chi connectivity index (χ2v) is 3.81. The van der Waals surface area contributed by atoms with Gasteiger partial charge in [-0.2, -0.15) is 0 Å². The minimum atomic E-state index is 0.137. The first-order valence-corrected chi connectivity index (χ1v) is 4.82. The highest BCUT2D eigenvalue weighted by atomic mass is 16.3. The molecule has 1 amide bonds. The molecule has 1 heterocycles. The number of aliphatic hydroxyl groups is 1. The van der Waals surface area contributed by atoms with E-state index in [1.54, 1.807) is 5.01 Å². The Kier molecular flexibility index (Phi) is 3.69. The Balaban J connectivity index is 2.37. The quantitative estimate of drug-likeness (QED) is 0.656. The monoisotopic (exact) mass is 186 g/mol. The number of carbonyl (C=O) groups excluding carboxylic acids is 1. The summed E-state index contributed by atoms with van der Waals surface area (Å²) in [6.45, 7) is 4.94. The predicted molar refractivity (Wildman–Crippen MR) is 49.8 cm³/mol. The van der Waals surface area contributed by atoms with E-state index in [0.717, 1.165) is 0 Å². The van der Waals surface area contributed by atoms with Gasteiger partial charge >= 0.3 is 0 Å². The van der Waals surface area contributed by atoms with Crippen LogP contribution in [0.5, 0.6) is 0 Å². The molecule has 0 radical (unpaired) electrons. The van der Waals surface area contributed by atoms with Crippen molar-refractivity contribution in [2.75, 3.05) is 13.2 Å². The number of carbonyl (C=O) groups is 1. The van der Waals surface area contributed by atoms with E-state index >= 15 is 0 Å². The largest absolute Gasteiger partial charge is 0.396 e. The topological polar surface area (TPSA) is 52.6 Å². The molecule has 0 aromatic carbocycles. The fraction of sp³-hybridized carbons (Fsp3) is 0.889. The lowest BCUT2D eigenvalue weighted by atomic mass is 10.0. The third-order valence-corrected chi connectivity index (χ3v) is 2.36. The van der Waals surface area contributed by atoms with Crippen LogP contribution in [-0.4, -0.2) is 35.2 Å². The average Bonchev–Trinajstić information content (AvgIpc) is 2.44. The zero-order valence-corrected chi connectivity index (χ0v) is 8.29. The van der Waals surface area contributed by atoms with Crippen molar-refractivity contribution >= 4 is 5.91 Å². The van der Waals surface area contributed by atoms with E-state index < -0.39 is 0 Å². The van der Waals surface area contributed by atoms with E-state index in [2.05, 4.69) is 19.3 Å². The van der Waals surface area contributed by atoms with E-state index in [9.17, 15) is 4.79 Å². The van der Waals surface area contributed by atoms with Crippen molar-refractivity contribution in [1.29, 1.82) is 0 Å². The van der Waals surface area contributed by atoms with Gasteiger partial charge in [0.25, 0.3) is 0 Å². The normalized spacial score (nSPS) is 23.2. The van der Waals surface area contributed by atoms with Crippen molar-refractivity contribution in [2.45, 2.75) is 32.7 Å². The Labute approximate surface area is 78.9 Å². The molecule has 0 aliphatic carbocycles.